The van der Waals surface area contributed by atoms with Crippen LogP contribution in [0.2, 0.25) is 0 Å². The summed E-state index contributed by atoms with van der Waals surface area (Å²) in [7, 11) is -2.16. The standard InChI is InChI=1S/C20H22N2O3S/c23-12-13-7-9-16(10-8-13)26(25)22-20(24)21-19-17-5-1-3-14(17)11-15-4-2-6-18(15)19/h7-11,23,26H,1-6,12H2,(H,21,24). The van der Waals surface area contributed by atoms with Crippen LogP contribution in [-0.4, -0.2) is 15.3 Å². The predicted octanol–water partition coefficient (Wildman–Crippen LogP) is 3.41. The van der Waals surface area contributed by atoms with Crippen molar-refractivity contribution in [1.82, 2.24) is 0 Å². The third kappa shape index (κ3) is 3.27. The van der Waals surface area contributed by atoms with E-state index in [1.165, 1.54) is 22.3 Å². The number of anilines is 1. The molecule has 26 heavy (non-hydrogen) atoms. The van der Waals surface area contributed by atoms with Gasteiger partial charge >= 0.3 is 6.03 Å². The number of hydrogen-bond acceptors (Lipinski definition) is 3. The summed E-state index contributed by atoms with van der Waals surface area (Å²) in [4.78, 5) is 12.9. The average molecular weight is 370 g/mol. The molecule has 6 heteroatoms. The maximum Gasteiger partial charge on any atom is 0.353 e. The van der Waals surface area contributed by atoms with Gasteiger partial charge < -0.3 is 10.4 Å². The topological polar surface area (TPSA) is 78.8 Å². The predicted molar refractivity (Wildman–Crippen MR) is 102 cm³/mol. The summed E-state index contributed by atoms with van der Waals surface area (Å²) < 4.78 is 16.2. The van der Waals surface area contributed by atoms with Gasteiger partial charge in [-0.25, -0.2) is 9.00 Å². The zero-order valence-corrected chi connectivity index (χ0v) is 15.4. The van der Waals surface area contributed by atoms with Gasteiger partial charge in [0.15, 0.2) is 0 Å². The fourth-order valence-electron chi connectivity index (χ4n) is 3.97. The van der Waals surface area contributed by atoms with Gasteiger partial charge in [-0.15, -0.1) is 4.36 Å². The summed E-state index contributed by atoms with van der Waals surface area (Å²) in [5.41, 5.74) is 6.79. The number of rotatable bonds is 3. The number of carbonyl (C=O) groups excluding carboxylic acids is 1. The van der Waals surface area contributed by atoms with Crippen LogP contribution >= 0.6 is 0 Å². The van der Waals surface area contributed by atoms with Crippen molar-refractivity contribution in [3.8, 4) is 0 Å². The summed E-state index contributed by atoms with van der Waals surface area (Å²) in [5.74, 6) is 0. The lowest BCUT2D eigenvalue weighted by atomic mass is 9.99. The van der Waals surface area contributed by atoms with Gasteiger partial charge in [0.05, 0.1) is 17.2 Å². The van der Waals surface area contributed by atoms with Crippen LogP contribution in [0, 0.1) is 0 Å². The van der Waals surface area contributed by atoms with Crippen molar-refractivity contribution in [2.24, 2.45) is 4.36 Å². The number of amides is 2. The third-order valence-corrected chi connectivity index (χ3v) is 6.33. The Morgan fingerprint density at radius 3 is 2.23 bits per heavy atom. The largest absolute Gasteiger partial charge is 0.392 e. The van der Waals surface area contributed by atoms with Crippen molar-refractivity contribution in [2.75, 3.05) is 5.32 Å². The molecule has 2 amide bonds. The molecule has 1 unspecified atom stereocenters. The lowest BCUT2D eigenvalue weighted by molar-refractivity contribution is 0.260. The molecule has 2 aromatic carbocycles. The highest BCUT2D eigenvalue weighted by atomic mass is 32.2. The Morgan fingerprint density at radius 1 is 1.04 bits per heavy atom. The second-order valence-electron chi connectivity index (χ2n) is 6.86. The van der Waals surface area contributed by atoms with Crippen LogP contribution < -0.4 is 5.32 Å². The molecule has 0 spiro atoms. The van der Waals surface area contributed by atoms with Gasteiger partial charge in [-0.05, 0) is 78.5 Å². The highest BCUT2D eigenvalue weighted by Crippen LogP contribution is 2.38. The molecule has 4 rings (SSSR count). The molecule has 0 fully saturated rings. The van der Waals surface area contributed by atoms with E-state index in [1.807, 2.05) is 0 Å². The molecule has 0 bridgehead atoms. The maximum absolute atomic E-state index is 12.4. The smallest absolute Gasteiger partial charge is 0.353 e. The number of nitrogens with zero attached hydrogens (tertiary/aromatic N) is 1. The molecule has 0 aromatic heterocycles. The number of fused-ring (bicyclic) bond motifs is 2. The van der Waals surface area contributed by atoms with E-state index in [0.717, 1.165) is 49.8 Å². The Labute approximate surface area is 154 Å². The van der Waals surface area contributed by atoms with E-state index in [-0.39, 0.29) is 6.61 Å². The molecule has 0 saturated carbocycles. The van der Waals surface area contributed by atoms with Crippen molar-refractivity contribution in [3.63, 3.8) is 0 Å². The molecule has 2 N–H and O–H groups in total. The summed E-state index contributed by atoms with van der Waals surface area (Å²) in [6.45, 7) is -0.0705. The van der Waals surface area contributed by atoms with Gasteiger partial charge in [0.25, 0.3) is 0 Å². The van der Waals surface area contributed by atoms with Crippen LogP contribution in [0.3, 0.4) is 0 Å². The number of urea groups is 1. The van der Waals surface area contributed by atoms with Gasteiger partial charge in [0.2, 0.25) is 0 Å². The summed E-state index contributed by atoms with van der Waals surface area (Å²) >= 11 is 0. The lowest BCUT2D eigenvalue weighted by Crippen LogP contribution is -2.11. The van der Waals surface area contributed by atoms with Gasteiger partial charge in [0.1, 0.15) is 0 Å². The molecule has 0 heterocycles. The fraction of sp³-hybridized carbons (Fsp3) is 0.350. The van der Waals surface area contributed by atoms with Gasteiger partial charge in [0, 0.05) is 10.6 Å². The Balaban J connectivity index is 1.60. The van der Waals surface area contributed by atoms with Crippen LogP contribution in [0.15, 0.2) is 39.6 Å². The van der Waals surface area contributed by atoms with E-state index in [4.69, 9.17) is 5.11 Å². The number of carbonyl (C=O) groups is 1. The molecule has 5 nitrogen and oxygen atoms in total. The molecule has 0 radical (unpaired) electrons. The van der Waals surface area contributed by atoms with Crippen molar-refractivity contribution >= 4 is 22.3 Å². The molecule has 0 aliphatic heterocycles. The first-order chi connectivity index (χ1) is 12.7. The number of thiol groups is 1. The molecule has 2 aliphatic rings. The maximum atomic E-state index is 12.4. The molecule has 0 saturated heterocycles. The van der Waals surface area contributed by atoms with E-state index >= 15 is 0 Å². The van der Waals surface area contributed by atoms with E-state index in [9.17, 15) is 9.00 Å². The molecule has 2 aromatic rings. The van der Waals surface area contributed by atoms with Gasteiger partial charge in [-0.2, -0.15) is 0 Å². The minimum absolute atomic E-state index is 0.0705. The number of benzene rings is 2. The zero-order chi connectivity index (χ0) is 18.1. The Hall–Kier alpha value is -2.18. The molecular formula is C20H22N2O3S. The number of aliphatic hydroxyl groups excluding tert-OH is 1. The van der Waals surface area contributed by atoms with Crippen LogP contribution in [0.25, 0.3) is 0 Å². The first kappa shape index (κ1) is 17.2. The normalized spacial score (nSPS) is 16.3. The van der Waals surface area contributed by atoms with Crippen molar-refractivity contribution in [1.29, 1.82) is 0 Å². The quantitative estimate of drug-likeness (QED) is 0.725. The monoisotopic (exact) mass is 370 g/mol. The second-order valence-corrected chi connectivity index (χ2v) is 8.12. The van der Waals surface area contributed by atoms with Crippen molar-refractivity contribution < 1.29 is 14.1 Å². The Morgan fingerprint density at radius 2 is 1.65 bits per heavy atom. The van der Waals surface area contributed by atoms with E-state index < -0.39 is 16.6 Å². The number of nitrogens with one attached hydrogen (secondary N) is 1. The molecular weight excluding hydrogens is 348 g/mol. The second kappa shape index (κ2) is 7.21. The fourth-order valence-corrected chi connectivity index (χ4v) is 4.70. The molecule has 136 valence electrons. The van der Waals surface area contributed by atoms with E-state index in [1.54, 1.807) is 24.3 Å². The van der Waals surface area contributed by atoms with Crippen LogP contribution in [0.1, 0.15) is 40.7 Å². The average Bonchev–Trinajstić information content (AvgIpc) is 3.30. The van der Waals surface area contributed by atoms with Crippen molar-refractivity contribution in [2.45, 2.75) is 50.0 Å². The van der Waals surface area contributed by atoms with Crippen LogP contribution in [0.4, 0.5) is 10.5 Å². The van der Waals surface area contributed by atoms with Crippen molar-refractivity contribution in [3.05, 3.63) is 58.1 Å². The highest BCUT2D eigenvalue weighted by Gasteiger charge is 2.24. The minimum atomic E-state index is -2.16. The SMILES string of the molecule is O=C(/N=[SH](=O)/c1ccc(CO)cc1)Nc1c2c(cc3c1CCC3)CCC2. The summed E-state index contributed by atoms with van der Waals surface area (Å²) in [5, 5.41) is 12.0. The van der Waals surface area contributed by atoms with E-state index in [0.29, 0.717) is 4.90 Å². The Bertz CT molecular complexity index is 912. The van der Waals surface area contributed by atoms with Gasteiger partial charge in [-0.1, -0.05) is 18.2 Å². The first-order valence-electron chi connectivity index (χ1n) is 9.02. The first-order valence-corrected chi connectivity index (χ1v) is 10.2. The van der Waals surface area contributed by atoms with E-state index in [2.05, 4.69) is 15.7 Å². The third-order valence-electron chi connectivity index (χ3n) is 5.23. The number of hydrogen-bond donors (Lipinski definition) is 3. The Kier molecular flexibility index (Phi) is 4.78. The zero-order valence-electron chi connectivity index (χ0n) is 14.5. The summed E-state index contributed by atoms with van der Waals surface area (Å²) in [6, 6.07) is 8.41. The summed E-state index contributed by atoms with van der Waals surface area (Å²) in [6.07, 6.45) is 6.32. The van der Waals surface area contributed by atoms with Gasteiger partial charge in [-0.3, -0.25) is 0 Å². The number of aryl methyl sites for hydroxylation is 2. The highest BCUT2D eigenvalue weighted by molar-refractivity contribution is 7.75. The molecule has 2 aliphatic carbocycles. The van der Waals surface area contributed by atoms with Crippen LogP contribution in [-0.2, 0) is 42.9 Å². The lowest BCUT2D eigenvalue weighted by Gasteiger charge is -2.14. The molecule has 1 atom stereocenters. The minimum Gasteiger partial charge on any atom is -0.392 e. The van der Waals surface area contributed by atoms with Crippen LogP contribution in [0.5, 0.6) is 0 Å². The number of aliphatic hydroxyl groups is 1.